The van der Waals surface area contributed by atoms with Gasteiger partial charge in [0.25, 0.3) is 5.88 Å². The van der Waals surface area contributed by atoms with Gasteiger partial charge in [-0.25, -0.2) is 9.97 Å². The molecule has 190 valence electrons. The van der Waals surface area contributed by atoms with Gasteiger partial charge in [-0.1, -0.05) is 0 Å². The molecule has 5 aromatic rings. The van der Waals surface area contributed by atoms with Crippen LogP contribution < -0.4 is 19.7 Å². The van der Waals surface area contributed by atoms with Crippen LogP contribution in [0.1, 0.15) is 11.1 Å². The molecule has 0 saturated carbocycles. The predicted octanol–water partition coefficient (Wildman–Crippen LogP) is 4.88. The molecule has 0 spiro atoms. The molecule has 9 heteroatoms. The number of benzene rings is 1. The first-order chi connectivity index (χ1) is 18.2. The van der Waals surface area contributed by atoms with Gasteiger partial charge in [-0.2, -0.15) is 0 Å². The molecule has 0 amide bonds. The summed E-state index contributed by atoms with van der Waals surface area (Å²) in [5.41, 5.74) is 8.89. The Balaban J connectivity index is 1.27. The van der Waals surface area contributed by atoms with Crippen LogP contribution >= 0.6 is 0 Å². The lowest BCUT2D eigenvalue weighted by molar-refractivity contribution is 0.122. The van der Waals surface area contributed by atoms with Crippen molar-refractivity contribution in [3.8, 4) is 22.9 Å². The van der Waals surface area contributed by atoms with Crippen molar-refractivity contribution >= 4 is 33.4 Å². The number of pyridine rings is 2. The molecular weight excluding hydrogens is 468 g/mol. The highest BCUT2D eigenvalue weighted by atomic mass is 16.5. The molecule has 1 saturated heterocycles. The van der Waals surface area contributed by atoms with Crippen LogP contribution in [0.25, 0.3) is 33.3 Å². The van der Waals surface area contributed by atoms with Crippen LogP contribution in [-0.2, 0) is 11.3 Å². The van der Waals surface area contributed by atoms with Gasteiger partial charge in [-0.3, -0.25) is 0 Å². The van der Waals surface area contributed by atoms with Crippen LogP contribution in [0.3, 0.4) is 0 Å². The summed E-state index contributed by atoms with van der Waals surface area (Å²) in [5.74, 6) is 1.10. The molecule has 1 fully saturated rings. The van der Waals surface area contributed by atoms with Crippen molar-refractivity contribution in [1.29, 1.82) is 0 Å². The van der Waals surface area contributed by atoms with Crippen molar-refractivity contribution in [3.63, 3.8) is 0 Å². The van der Waals surface area contributed by atoms with Gasteiger partial charge < -0.3 is 34.4 Å². The Labute approximate surface area is 214 Å². The second kappa shape index (κ2) is 9.67. The van der Waals surface area contributed by atoms with Gasteiger partial charge in [0.05, 0.1) is 38.6 Å². The maximum absolute atomic E-state index is 5.51. The minimum atomic E-state index is 0.465. The Morgan fingerprint density at radius 1 is 1.08 bits per heavy atom. The summed E-state index contributed by atoms with van der Waals surface area (Å²) in [7, 11) is 3.23. The molecule has 5 heterocycles. The van der Waals surface area contributed by atoms with E-state index in [-0.39, 0.29) is 0 Å². The van der Waals surface area contributed by atoms with Crippen molar-refractivity contribution in [2.45, 2.75) is 13.5 Å². The number of morpholine rings is 1. The van der Waals surface area contributed by atoms with E-state index in [1.807, 2.05) is 19.3 Å². The second-order valence-corrected chi connectivity index (χ2v) is 9.12. The summed E-state index contributed by atoms with van der Waals surface area (Å²) in [4.78, 5) is 18.5. The standard InChI is InChI=1S/C28H30N6O3/c1-17-24-25(33-28(36-3)26(17)35-2)22(16-31-24)23-14-21-18(8-9-29-27(21)32-23)15-30-19-4-6-20(7-5-19)34-10-12-37-13-11-34/h4-9,14,16,30-31H,10-13,15H2,1-3H3,(H,29,32). The van der Waals surface area contributed by atoms with Gasteiger partial charge in [-0.05, 0) is 48.9 Å². The summed E-state index contributed by atoms with van der Waals surface area (Å²) in [5, 5.41) is 4.63. The second-order valence-electron chi connectivity index (χ2n) is 9.12. The van der Waals surface area contributed by atoms with E-state index < -0.39 is 0 Å². The maximum Gasteiger partial charge on any atom is 0.257 e. The number of rotatable bonds is 7. The summed E-state index contributed by atoms with van der Waals surface area (Å²) in [6.45, 7) is 6.12. The number of hydrogen-bond acceptors (Lipinski definition) is 7. The summed E-state index contributed by atoms with van der Waals surface area (Å²) < 4.78 is 16.5. The zero-order valence-corrected chi connectivity index (χ0v) is 21.2. The Bertz CT molecular complexity index is 1550. The number of aromatic nitrogens is 4. The van der Waals surface area contributed by atoms with Crippen LogP contribution in [0.15, 0.2) is 48.8 Å². The van der Waals surface area contributed by atoms with Crippen LogP contribution in [0.4, 0.5) is 11.4 Å². The van der Waals surface area contributed by atoms with Crippen molar-refractivity contribution in [3.05, 3.63) is 59.9 Å². The summed E-state index contributed by atoms with van der Waals surface area (Å²) in [6, 6.07) is 12.8. The normalized spacial score (nSPS) is 13.9. The number of nitrogens with zero attached hydrogens (tertiary/aromatic N) is 3. The molecular formula is C28H30N6O3. The first-order valence-electron chi connectivity index (χ1n) is 12.4. The number of methoxy groups -OCH3 is 2. The third-order valence-electron chi connectivity index (χ3n) is 7.01. The van der Waals surface area contributed by atoms with Crippen molar-refractivity contribution in [2.24, 2.45) is 0 Å². The number of fused-ring (bicyclic) bond motifs is 2. The molecule has 0 bridgehead atoms. The fraction of sp³-hybridized carbons (Fsp3) is 0.286. The van der Waals surface area contributed by atoms with Crippen molar-refractivity contribution < 1.29 is 14.2 Å². The predicted molar refractivity (Wildman–Crippen MR) is 146 cm³/mol. The van der Waals surface area contributed by atoms with E-state index in [1.54, 1.807) is 14.2 Å². The molecule has 3 N–H and O–H groups in total. The number of anilines is 2. The Hall–Kier alpha value is -4.24. The van der Waals surface area contributed by atoms with Gasteiger partial charge in [0.15, 0.2) is 5.75 Å². The van der Waals surface area contributed by atoms with E-state index in [0.29, 0.717) is 18.2 Å². The fourth-order valence-electron chi connectivity index (χ4n) is 5.02. The topological polar surface area (TPSA) is 100 Å². The van der Waals surface area contributed by atoms with Gasteiger partial charge in [0.1, 0.15) is 11.2 Å². The average Bonchev–Trinajstić information content (AvgIpc) is 3.57. The number of aryl methyl sites for hydroxylation is 1. The fourth-order valence-corrected chi connectivity index (χ4v) is 5.02. The lowest BCUT2D eigenvalue weighted by Crippen LogP contribution is -2.36. The number of H-pyrrole nitrogens is 2. The summed E-state index contributed by atoms with van der Waals surface area (Å²) in [6.07, 6.45) is 3.80. The quantitative estimate of drug-likeness (QED) is 0.294. The van der Waals surface area contributed by atoms with Gasteiger partial charge >= 0.3 is 0 Å². The number of nitrogens with one attached hydrogen (secondary N) is 3. The minimum absolute atomic E-state index is 0.465. The molecule has 0 atom stereocenters. The third-order valence-corrected chi connectivity index (χ3v) is 7.01. The van der Waals surface area contributed by atoms with Gasteiger partial charge in [0, 0.05) is 59.9 Å². The largest absolute Gasteiger partial charge is 0.491 e. The van der Waals surface area contributed by atoms with Crippen LogP contribution in [0, 0.1) is 6.92 Å². The highest BCUT2D eigenvalue weighted by molar-refractivity contribution is 5.97. The number of aromatic amines is 2. The van der Waals surface area contributed by atoms with E-state index in [2.05, 4.69) is 61.6 Å². The molecule has 37 heavy (non-hydrogen) atoms. The van der Waals surface area contributed by atoms with Crippen molar-refractivity contribution in [2.75, 3.05) is 50.7 Å². The zero-order valence-electron chi connectivity index (χ0n) is 21.2. The molecule has 1 aromatic carbocycles. The van der Waals surface area contributed by atoms with E-state index in [9.17, 15) is 0 Å². The average molecular weight is 499 g/mol. The highest BCUT2D eigenvalue weighted by Gasteiger charge is 2.19. The smallest absolute Gasteiger partial charge is 0.257 e. The van der Waals surface area contributed by atoms with E-state index in [1.165, 1.54) is 5.69 Å². The number of ether oxygens (including phenoxy) is 3. The SMILES string of the molecule is COc1nc2c(-c3cc4c(CNc5ccc(N6CCOCC6)cc5)ccnc4[nH]3)c[nH]c2c(C)c1OC. The lowest BCUT2D eigenvalue weighted by Gasteiger charge is -2.28. The van der Waals surface area contributed by atoms with Gasteiger partial charge in [-0.15, -0.1) is 0 Å². The monoisotopic (exact) mass is 498 g/mol. The van der Waals surface area contributed by atoms with Gasteiger partial charge in [0.2, 0.25) is 0 Å². The Kier molecular flexibility index (Phi) is 6.05. The van der Waals surface area contributed by atoms with Crippen LogP contribution in [0.5, 0.6) is 11.6 Å². The molecule has 0 radical (unpaired) electrons. The highest BCUT2D eigenvalue weighted by Crippen LogP contribution is 2.38. The first-order valence-corrected chi connectivity index (χ1v) is 12.4. The molecule has 0 unspecified atom stereocenters. The Morgan fingerprint density at radius 3 is 2.65 bits per heavy atom. The molecule has 0 aliphatic carbocycles. The summed E-state index contributed by atoms with van der Waals surface area (Å²) >= 11 is 0. The molecule has 4 aromatic heterocycles. The van der Waals surface area contributed by atoms with Crippen LogP contribution in [-0.4, -0.2) is 60.5 Å². The molecule has 1 aliphatic heterocycles. The lowest BCUT2D eigenvalue weighted by atomic mass is 10.1. The van der Waals surface area contributed by atoms with Crippen molar-refractivity contribution in [1.82, 2.24) is 19.9 Å². The zero-order chi connectivity index (χ0) is 25.4. The van der Waals surface area contributed by atoms with E-state index in [4.69, 9.17) is 19.2 Å². The van der Waals surface area contributed by atoms with E-state index in [0.717, 1.165) is 76.4 Å². The Morgan fingerprint density at radius 2 is 1.89 bits per heavy atom. The third kappa shape index (κ3) is 4.21. The minimum Gasteiger partial charge on any atom is -0.491 e. The maximum atomic E-state index is 5.51. The van der Waals surface area contributed by atoms with Crippen LogP contribution in [0.2, 0.25) is 0 Å². The number of hydrogen-bond donors (Lipinski definition) is 3. The first kappa shape index (κ1) is 23.2. The molecule has 6 rings (SSSR count). The molecule has 9 nitrogen and oxygen atoms in total. The molecule has 1 aliphatic rings. The van der Waals surface area contributed by atoms with E-state index >= 15 is 0 Å².